The molecule has 17 heteroatoms. The predicted octanol–water partition coefficient (Wildman–Crippen LogP) is 2.48. The molecule has 0 bridgehead atoms. The van der Waals surface area contributed by atoms with E-state index in [-0.39, 0.29) is 79.3 Å². The highest BCUT2D eigenvalue weighted by atomic mass is 32.2. The Bertz CT molecular complexity index is 1990. The molecule has 1 aromatic carbocycles. The van der Waals surface area contributed by atoms with Crippen LogP contribution >= 0.6 is 23.1 Å². The summed E-state index contributed by atoms with van der Waals surface area (Å²) >= 11 is 2.70. The molecule has 49 heavy (non-hydrogen) atoms. The Morgan fingerprint density at radius 2 is 1.80 bits per heavy atom. The molecule has 1 saturated carbocycles. The number of thiophene rings is 1. The number of pyridine rings is 1. The Labute approximate surface area is 285 Å². The van der Waals surface area contributed by atoms with E-state index in [9.17, 15) is 39.0 Å². The van der Waals surface area contributed by atoms with Crippen molar-refractivity contribution in [1.82, 2.24) is 19.7 Å². The maximum Gasteiger partial charge on any atom is 0.410 e. The maximum atomic E-state index is 15.4. The van der Waals surface area contributed by atoms with Crippen LogP contribution in [0.25, 0.3) is 10.9 Å². The number of aliphatic carboxylic acids is 1. The molecule has 3 aromatic rings. The van der Waals surface area contributed by atoms with E-state index in [0.29, 0.717) is 5.52 Å². The number of hydrogen-bond acceptors (Lipinski definition) is 10. The molecule has 0 radical (unpaired) electrons. The van der Waals surface area contributed by atoms with E-state index >= 15 is 4.39 Å². The van der Waals surface area contributed by atoms with Crippen LogP contribution in [0.3, 0.4) is 0 Å². The van der Waals surface area contributed by atoms with Crippen molar-refractivity contribution in [2.24, 2.45) is 0 Å². The van der Waals surface area contributed by atoms with E-state index in [1.165, 1.54) is 34.2 Å². The van der Waals surface area contributed by atoms with Gasteiger partial charge in [0.05, 0.1) is 17.6 Å². The minimum Gasteiger partial charge on any atom is -0.477 e. The number of aromatic carboxylic acids is 1. The SMILES string of the molecule is O=C(Cc1cccs1)NC1C(=O)N2C(C(=O)O)=C(COC(=O)N3CCN(c4cc5c(cc4F)c(=O)c(C(=O)O)cn5C4CC4)CC3)CSC12. The Morgan fingerprint density at radius 3 is 2.45 bits per heavy atom. The average Bonchev–Trinajstić information content (AvgIpc) is 3.80. The molecule has 14 nitrogen and oxygen atoms in total. The van der Waals surface area contributed by atoms with Gasteiger partial charge in [0.2, 0.25) is 11.3 Å². The zero-order chi connectivity index (χ0) is 34.6. The maximum absolute atomic E-state index is 15.4. The number of ether oxygens (including phenoxy) is 1. The molecule has 256 valence electrons. The van der Waals surface area contributed by atoms with Crippen molar-refractivity contribution >= 4 is 69.5 Å². The highest BCUT2D eigenvalue weighted by Gasteiger charge is 2.54. The van der Waals surface area contributed by atoms with E-state index in [4.69, 9.17) is 4.74 Å². The van der Waals surface area contributed by atoms with Crippen molar-refractivity contribution in [3.8, 4) is 0 Å². The summed E-state index contributed by atoms with van der Waals surface area (Å²) in [5, 5.41) is 23.4. The number of fused-ring (bicyclic) bond motifs is 2. The lowest BCUT2D eigenvalue weighted by Crippen LogP contribution is -2.70. The molecular formula is C32H30FN5O9S2. The lowest BCUT2D eigenvalue weighted by atomic mass is 10.0. The number of benzene rings is 1. The van der Waals surface area contributed by atoms with Gasteiger partial charge in [-0.15, -0.1) is 23.1 Å². The average molecular weight is 712 g/mol. The minimum absolute atomic E-state index is 0.00755. The number of thioether (sulfide) groups is 1. The first-order valence-electron chi connectivity index (χ1n) is 15.5. The molecule has 4 aliphatic rings. The minimum atomic E-state index is -1.37. The lowest BCUT2D eigenvalue weighted by molar-refractivity contribution is -0.150. The van der Waals surface area contributed by atoms with Gasteiger partial charge >= 0.3 is 18.0 Å². The molecule has 2 aromatic heterocycles. The molecule has 1 aliphatic carbocycles. The quantitative estimate of drug-likeness (QED) is 0.278. The van der Waals surface area contributed by atoms with Crippen molar-refractivity contribution in [1.29, 1.82) is 0 Å². The summed E-state index contributed by atoms with van der Waals surface area (Å²) in [5.41, 5.74) is -0.502. The highest BCUT2D eigenvalue weighted by Crippen LogP contribution is 2.41. The molecule has 5 heterocycles. The van der Waals surface area contributed by atoms with Crippen LogP contribution in [0.5, 0.6) is 0 Å². The number of rotatable bonds is 9. The van der Waals surface area contributed by atoms with Gasteiger partial charge in [0.1, 0.15) is 35.1 Å². The number of aromatic nitrogens is 1. The standard InChI is InChI=1S/C32H30FN5O9S2/c33-21-11-19-22(37(17-3-4-17)13-20(27(19)40)30(42)43)12-23(21)35-5-7-36(8-6-35)32(46)47-14-16-15-49-29-25(28(41)38(29)26(16)31(44)45)34-24(39)10-18-2-1-9-48-18/h1-2,9,11-13,17,25,29H,3-8,10,14-15H2,(H,34,39)(H,42,43)(H,44,45). The van der Waals surface area contributed by atoms with Crippen molar-refractivity contribution < 1.29 is 43.3 Å². The number of carbonyl (C=O) groups is 5. The van der Waals surface area contributed by atoms with Crippen LogP contribution in [0.4, 0.5) is 14.9 Å². The zero-order valence-electron chi connectivity index (χ0n) is 25.8. The van der Waals surface area contributed by atoms with Crippen molar-refractivity contribution in [3.05, 3.63) is 73.6 Å². The van der Waals surface area contributed by atoms with Gasteiger partial charge in [-0.25, -0.2) is 18.8 Å². The molecule has 3 fully saturated rings. The van der Waals surface area contributed by atoms with Gasteiger partial charge in [0.15, 0.2) is 0 Å². The number of nitrogens with one attached hydrogen (secondary N) is 1. The van der Waals surface area contributed by atoms with Gasteiger partial charge in [0, 0.05) is 60.0 Å². The number of hydrogen-bond donors (Lipinski definition) is 3. The molecule has 2 atom stereocenters. The topological polar surface area (TPSA) is 179 Å². The summed E-state index contributed by atoms with van der Waals surface area (Å²) in [5.74, 6) is -4.11. The Morgan fingerprint density at radius 1 is 1.04 bits per heavy atom. The highest BCUT2D eigenvalue weighted by molar-refractivity contribution is 8.00. The van der Waals surface area contributed by atoms with Crippen LogP contribution in [0.2, 0.25) is 0 Å². The summed E-state index contributed by atoms with van der Waals surface area (Å²) in [4.78, 5) is 80.2. The van der Waals surface area contributed by atoms with Crippen LogP contribution < -0.4 is 15.6 Å². The fourth-order valence-corrected chi connectivity index (χ4v) is 8.40. The van der Waals surface area contributed by atoms with E-state index in [0.717, 1.165) is 28.7 Å². The van der Waals surface area contributed by atoms with E-state index in [2.05, 4.69) is 5.32 Å². The van der Waals surface area contributed by atoms with Gasteiger partial charge in [-0.1, -0.05) is 6.07 Å². The number of carboxylic acids is 2. The van der Waals surface area contributed by atoms with Crippen LogP contribution in [0.15, 0.2) is 51.9 Å². The number of β-lactam (4-membered cyclic amide) rings is 1. The lowest BCUT2D eigenvalue weighted by Gasteiger charge is -2.49. The summed E-state index contributed by atoms with van der Waals surface area (Å²) in [6, 6.07) is 5.43. The third kappa shape index (κ3) is 6.12. The summed E-state index contributed by atoms with van der Waals surface area (Å²) in [7, 11) is 0. The number of carbonyl (C=O) groups excluding carboxylic acids is 3. The third-order valence-electron chi connectivity index (χ3n) is 9.00. The number of piperazine rings is 1. The predicted molar refractivity (Wildman–Crippen MR) is 176 cm³/mol. The van der Waals surface area contributed by atoms with Crippen LogP contribution in [-0.4, -0.2) is 104 Å². The first-order chi connectivity index (χ1) is 23.5. The van der Waals surface area contributed by atoms with E-state index in [1.54, 1.807) is 15.5 Å². The molecule has 7 rings (SSSR count). The molecule has 3 N–H and O–H groups in total. The number of carboxylic acid groups (broad SMARTS) is 2. The molecule has 3 amide bonds. The van der Waals surface area contributed by atoms with Gasteiger partial charge in [-0.3, -0.25) is 19.3 Å². The molecule has 0 spiro atoms. The molecule has 3 aliphatic heterocycles. The molecular weight excluding hydrogens is 682 g/mol. The summed E-state index contributed by atoms with van der Waals surface area (Å²) < 4.78 is 22.6. The largest absolute Gasteiger partial charge is 0.477 e. The van der Waals surface area contributed by atoms with Crippen LogP contribution in [0.1, 0.15) is 34.1 Å². The van der Waals surface area contributed by atoms with Gasteiger partial charge in [-0.2, -0.15) is 0 Å². The second-order valence-electron chi connectivity index (χ2n) is 12.1. The third-order valence-corrected chi connectivity index (χ3v) is 11.2. The van der Waals surface area contributed by atoms with Crippen molar-refractivity contribution in [2.45, 2.75) is 36.7 Å². The van der Waals surface area contributed by atoms with E-state index in [1.807, 2.05) is 17.5 Å². The summed E-state index contributed by atoms with van der Waals surface area (Å²) in [6.45, 7) is 0.462. The second kappa shape index (κ2) is 12.9. The Kier molecular flexibility index (Phi) is 8.56. The monoisotopic (exact) mass is 711 g/mol. The summed E-state index contributed by atoms with van der Waals surface area (Å²) in [6.07, 6.45) is 2.37. The zero-order valence-corrected chi connectivity index (χ0v) is 27.4. The molecule has 2 unspecified atom stereocenters. The van der Waals surface area contributed by atoms with Crippen LogP contribution in [0, 0.1) is 5.82 Å². The smallest absolute Gasteiger partial charge is 0.410 e. The Balaban J connectivity index is 0.982. The van der Waals surface area contributed by atoms with E-state index < -0.39 is 52.2 Å². The van der Waals surface area contributed by atoms with Crippen molar-refractivity contribution in [3.63, 3.8) is 0 Å². The van der Waals surface area contributed by atoms with Gasteiger partial charge < -0.3 is 34.6 Å². The first-order valence-corrected chi connectivity index (χ1v) is 17.4. The van der Waals surface area contributed by atoms with Gasteiger partial charge in [0.25, 0.3) is 5.91 Å². The number of halogens is 1. The van der Waals surface area contributed by atoms with Gasteiger partial charge in [-0.05, 0) is 36.4 Å². The van der Waals surface area contributed by atoms with Crippen LogP contribution in [-0.2, 0) is 25.5 Å². The second-order valence-corrected chi connectivity index (χ2v) is 14.3. The fourth-order valence-electron chi connectivity index (χ4n) is 6.37. The number of nitrogens with zero attached hydrogens (tertiary/aromatic N) is 4. The normalized spacial score (nSPS) is 20.6. The number of amides is 3. The number of anilines is 1. The molecule has 2 saturated heterocycles. The fraction of sp³-hybridized carbons (Fsp3) is 0.375. The van der Waals surface area contributed by atoms with Crippen molar-refractivity contribution in [2.75, 3.05) is 43.4 Å². The first kappa shape index (κ1) is 32.6. The Hall–Kier alpha value is -4.90.